The van der Waals surface area contributed by atoms with Gasteiger partial charge >= 0.3 is 0 Å². The molecule has 0 bridgehead atoms. The third kappa shape index (κ3) is 7.45. The average Bonchev–Trinajstić information content (AvgIpc) is 3.04. The largest absolute Gasteiger partial charge is 0.497 e. The van der Waals surface area contributed by atoms with E-state index in [2.05, 4.69) is 10.6 Å². The van der Waals surface area contributed by atoms with E-state index >= 15 is 0 Å². The van der Waals surface area contributed by atoms with Crippen LogP contribution >= 0.6 is 0 Å². The molecule has 0 aromatic heterocycles. The highest BCUT2D eigenvalue weighted by molar-refractivity contribution is 7.92. The molecule has 0 heterocycles. The molecule has 4 aromatic carbocycles. The molecule has 10 nitrogen and oxygen atoms in total. The van der Waals surface area contributed by atoms with Crippen molar-refractivity contribution in [2.45, 2.75) is 11.3 Å². The Hall–Kier alpha value is -5.10. The highest BCUT2D eigenvalue weighted by atomic mass is 32.2. The van der Waals surface area contributed by atoms with E-state index in [1.807, 2.05) is 12.1 Å². The summed E-state index contributed by atoms with van der Waals surface area (Å²) < 4.78 is 58.4. The molecule has 0 fully saturated rings. The smallest absolute Gasteiger partial charge is 0.264 e. The zero-order valence-electron chi connectivity index (χ0n) is 24.4. The fourth-order valence-electron chi connectivity index (χ4n) is 4.39. The van der Waals surface area contributed by atoms with Gasteiger partial charge in [-0.1, -0.05) is 30.3 Å². The lowest BCUT2D eigenvalue weighted by Crippen LogP contribution is -2.39. The number of ether oxygens (including phenoxy) is 3. The number of methoxy groups -OCH3 is 3. The first kappa shape index (κ1) is 31.8. The van der Waals surface area contributed by atoms with E-state index < -0.39 is 34.2 Å². The van der Waals surface area contributed by atoms with Gasteiger partial charge in [-0.3, -0.25) is 13.9 Å². The maximum Gasteiger partial charge on any atom is 0.264 e. The topological polar surface area (TPSA) is 123 Å². The average molecular weight is 622 g/mol. The van der Waals surface area contributed by atoms with Crippen molar-refractivity contribution in [1.29, 1.82) is 0 Å². The van der Waals surface area contributed by atoms with Crippen LogP contribution < -0.4 is 29.1 Å². The molecule has 4 aromatic rings. The second kappa shape index (κ2) is 14.4. The molecule has 2 amide bonds. The van der Waals surface area contributed by atoms with Crippen LogP contribution in [0.1, 0.15) is 15.9 Å². The monoisotopic (exact) mass is 621 g/mol. The molecule has 0 aliphatic heterocycles. The Morgan fingerprint density at radius 1 is 0.818 bits per heavy atom. The number of carbonyl (C=O) groups excluding carboxylic acids is 2. The number of anilines is 2. The van der Waals surface area contributed by atoms with Crippen molar-refractivity contribution >= 4 is 33.2 Å². The van der Waals surface area contributed by atoms with Crippen LogP contribution in [-0.2, 0) is 21.2 Å². The van der Waals surface area contributed by atoms with Crippen LogP contribution in [0.4, 0.5) is 15.8 Å². The summed E-state index contributed by atoms with van der Waals surface area (Å²) in [4.78, 5) is 26.2. The van der Waals surface area contributed by atoms with Gasteiger partial charge < -0.3 is 24.8 Å². The maximum atomic E-state index is 14.8. The highest BCUT2D eigenvalue weighted by Gasteiger charge is 2.29. The minimum absolute atomic E-state index is 0.163. The number of hydrogen-bond acceptors (Lipinski definition) is 7. The van der Waals surface area contributed by atoms with Gasteiger partial charge in [-0.25, -0.2) is 12.8 Å². The number of nitrogens with one attached hydrogen (secondary N) is 2. The molecule has 0 aliphatic carbocycles. The number of hydrogen-bond donors (Lipinski definition) is 2. The van der Waals surface area contributed by atoms with Gasteiger partial charge in [0.1, 0.15) is 18.1 Å². The molecule has 0 saturated heterocycles. The number of nitrogens with zero attached hydrogens (tertiary/aromatic N) is 1. The second-order valence-electron chi connectivity index (χ2n) is 9.43. The molecule has 0 unspecified atom stereocenters. The molecular weight excluding hydrogens is 589 g/mol. The third-order valence-electron chi connectivity index (χ3n) is 6.65. The van der Waals surface area contributed by atoms with Gasteiger partial charge in [0.15, 0.2) is 11.5 Å². The number of rotatable bonds is 13. The normalized spacial score (nSPS) is 10.9. The molecule has 230 valence electrons. The summed E-state index contributed by atoms with van der Waals surface area (Å²) in [5.41, 5.74) is 0.940. The summed E-state index contributed by atoms with van der Waals surface area (Å²) in [7, 11) is 0.145. The summed E-state index contributed by atoms with van der Waals surface area (Å²) in [6, 6.07) is 22.5. The van der Waals surface area contributed by atoms with E-state index in [1.54, 1.807) is 32.4 Å². The van der Waals surface area contributed by atoms with E-state index in [0.717, 1.165) is 11.6 Å². The van der Waals surface area contributed by atoms with Crippen molar-refractivity contribution < 1.29 is 36.6 Å². The van der Waals surface area contributed by atoms with Crippen molar-refractivity contribution in [2.24, 2.45) is 0 Å². The second-order valence-corrected chi connectivity index (χ2v) is 11.3. The lowest BCUT2D eigenvalue weighted by molar-refractivity contribution is -0.114. The van der Waals surface area contributed by atoms with Crippen molar-refractivity contribution in [1.82, 2.24) is 5.32 Å². The van der Waals surface area contributed by atoms with Gasteiger partial charge in [-0.05, 0) is 72.6 Å². The van der Waals surface area contributed by atoms with Gasteiger partial charge in [0.05, 0.1) is 43.2 Å². The standard InChI is InChI=1S/C32H32FN3O7S/c1-41-23-13-15-24(16-14-23)44(39,40)36(28-11-7-5-9-26(28)33)21-31(37)35-27-10-6-4-8-25(27)32(38)34-19-18-22-12-17-29(42-2)30(20-22)43-3/h4-17,20H,18-19,21H2,1-3H3,(H,34,38)(H,35,37). The number of sulfonamides is 1. The van der Waals surface area contributed by atoms with Crippen molar-refractivity contribution in [3.8, 4) is 17.2 Å². The SMILES string of the molecule is COc1ccc(S(=O)(=O)N(CC(=O)Nc2ccccc2C(=O)NCCc2ccc(OC)c(OC)c2)c2ccccc2F)cc1. The summed E-state index contributed by atoms with van der Waals surface area (Å²) in [5, 5.41) is 5.44. The van der Waals surface area contributed by atoms with Crippen LogP contribution in [0.3, 0.4) is 0 Å². The molecule has 44 heavy (non-hydrogen) atoms. The first-order valence-corrected chi connectivity index (χ1v) is 14.9. The Morgan fingerprint density at radius 3 is 2.18 bits per heavy atom. The quantitative estimate of drug-likeness (QED) is 0.223. The molecule has 0 aliphatic rings. The Labute approximate surface area is 255 Å². The number of carbonyl (C=O) groups is 2. The fraction of sp³-hybridized carbons (Fsp3) is 0.188. The van der Waals surface area contributed by atoms with Crippen LogP contribution in [-0.4, -0.2) is 54.7 Å². The Morgan fingerprint density at radius 2 is 1.50 bits per heavy atom. The van der Waals surface area contributed by atoms with E-state index in [0.29, 0.717) is 28.0 Å². The molecule has 0 saturated carbocycles. The van der Waals surface area contributed by atoms with Crippen LogP contribution in [0, 0.1) is 5.82 Å². The first-order valence-electron chi connectivity index (χ1n) is 13.5. The molecule has 0 atom stereocenters. The van der Waals surface area contributed by atoms with Gasteiger partial charge in [-0.2, -0.15) is 0 Å². The zero-order valence-corrected chi connectivity index (χ0v) is 25.2. The van der Waals surface area contributed by atoms with Crippen LogP contribution in [0.15, 0.2) is 95.9 Å². The third-order valence-corrected chi connectivity index (χ3v) is 8.42. The van der Waals surface area contributed by atoms with Crippen molar-refractivity contribution in [2.75, 3.05) is 44.0 Å². The Bertz CT molecular complexity index is 1730. The number of para-hydroxylation sites is 2. The Kier molecular flexibility index (Phi) is 10.4. The molecule has 4 rings (SSSR count). The summed E-state index contributed by atoms with van der Waals surface area (Å²) in [5.74, 6) is -0.461. The van der Waals surface area contributed by atoms with Crippen LogP contribution in [0.5, 0.6) is 17.2 Å². The van der Waals surface area contributed by atoms with Crippen LogP contribution in [0.25, 0.3) is 0 Å². The minimum Gasteiger partial charge on any atom is -0.497 e. The van der Waals surface area contributed by atoms with E-state index in [4.69, 9.17) is 14.2 Å². The maximum absolute atomic E-state index is 14.8. The predicted molar refractivity (Wildman–Crippen MR) is 165 cm³/mol. The molecule has 0 spiro atoms. The van der Waals surface area contributed by atoms with Crippen molar-refractivity contribution in [3.63, 3.8) is 0 Å². The van der Waals surface area contributed by atoms with Gasteiger partial charge in [0.25, 0.3) is 15.9 Å². The lowest BCUT2D eigenvalue weighted by atomic mass is 10.1. The Balaban J connectivity index is 1.50. The van der Waals surface area contributed by atoms with Gasteiger partial charge in [-0.15, -0.1) is 0 Å². The van der Waals surface area contributed by atoms with E-state index in [1.165, 1.54) is 61.7 Å². The van der Waals surface area contributed by atoms with E-state index in [9.17, 15) is 22.4 Å². The molecule has 0 radical (unpaired) electrons. The first-order chi connectivity index (χ1) is 21.2. The number of benzene rings is 4. The summed E-state index contributed by atoms with van der Waals surface area (Å²) in [6.07, 6.45) is 0.501. The number of halogens is 1. The lowest BCUT2D eigenvalue weighted by Gasteiger charge is -2.24. The van der Waals surface area contributed by atoms with Crippen LogP contribution in [0.2, 0.25) is 0 Å². The predicted octanol–water partition coefficient (Wildman–Crippen LogP) is 4.66. The van der Waals surface area contributed by atoms with Gasteiger partial charge in [0, 0.05) is 6.54 Å². The molecule has 2 N–H and O–H groups in total. The summed E-state index contributed by atoms with van der Waals surface area (Å²) >= 11 is 0. The van der Waals surface area contributed by atoms with Gasteiger partial charge in [0.2, 0.25) is 5.91 Å². The highest BCUT2D eigenvalue weighted by Crippen LogP contribution is 2.29. The molecule has 12 heteroatoms. The van der Waals surface area contributed by atoms with Crippen molar-refractivity contribution in [3.05, 3.63) is 108 Å². The fourth-order valence-corrected chi connectivity index (χ4v) is 5.82. The molecular formula is C32H32FN3O7S. The number of amides is 2. The zero-order chi connectivity index (χ0) is 31.7. The van der Waals surface area contributed by atoms with E-state index in [-0.39, 0.29) is 28.4 Å². The summed E-state index contributed by atoms with van der Waals surface area (Å²) in [6.45, 7) is -0.470. The minimum atomic E-state index is -4.38.